The molecule has 3 nitrogen and oxygen atoms in total. The van der Waals surface area contributed by atoms with Gasteiger partial charge in [0.15, 0.2) is 0 Å². The fourth-order valence-electron chi connectivity index (χ4n) is 3.72. The number of anilines is 1. The molecule has 21 heavy (non-hydrogen) atoms. The molecule has 1 saturated carbocycles. The van der Waals surface area contributed by atoms with Gasteiger partial charge in [-0.15, -0.1) is 0 Å². The third kappa shape index (κ3) is 3.99. The SMILES string of the molecule is Cc1cc(C(=O)O)ccc1NCC1(CC(C)C)CCCC1. The summed E-state index contributed by atoms with van der Waals surface area (Å²) in [6.45, 7) is 7.57. The van der Waals surface area contributed by atoms with Gasteiger partial charge in [0, 0.05) is 12.2 Å². The zero-order chi connectivity index (χ0) is 15.5. The molecule has 0 aliphatic heterocycles. The van der Waals surface area contributed by atoms with Crippen LogP contribution >= 0.6 is 0 Å². The van der Waals surface area contributed by atoms with Gasteiger partial charge in [0.1, 0.15) is 0 Å². The highest BCUT2D eigenvalue weighted by Crippen LogP contribution is 2.43. The number of benzene rings is 1. The number of carbonyl (C=O) groups is 1. The van der Waals surface area contributed by atoms with Crippen LogP contribution in [0.2, 0.25) is 0 Å². The van der Waals surface area contributed by atoms with Gasteiger partial charge in [0.25, 0.3) is 0 Å². The lowest BCUT2D eigenvalue weighted by Crippen LogP contribution is -2.28. The van der Waals surface area contributed by atoms with Crippen molar-refractivity contribution in [3.8, 4) is 0 Å². The molecule has 0 heterocycles. The summed E-state index contributed by atoms with van der Waals surface area (Å²) in [5.41, 5.74) is 2.85. The molecule has 1 aliphatic carbocycles. The summed E-state index contributed by atoms with van der Waals surface area (Å²) in [6.07, 6.45) is 6.57. The highest BCUT2D eigenvalue weighted by atomic mass is 16.4. The number of carboxylic acids is 1. The first-order valence-electron chi connectivity index (χ1n) is 8.00. The van der Waals surface area contributed by atoms with Gasteiger partial charge < -0.3 is 10.4 Å². The largest absolute Gasteiger partial charge is 0.478 e. The van der Waals surface area contributed by atoms with E-state index in [1.807, 2.05) is 13.0 Å². The Balaban J connectivity index is 2.06. The van der Waals surface area contributed by atoms with Crippen LogP contribution < -0.4 is 5.32 Å². The molecular weight excluding hydrogens is 262 g/mol. The first-order chi connectivity index (χ1) is 9.92. The van der Waals surface area contributed by atoms with Gasteiger partial charge in [-0.1, -0.05) is 26.7 Å². The molecule has 0 aromatic heterocycles. The molecule has 0 unspecified atom stereocenters. The molecular formula is C18H27NO2. The molecule has 2 rings (SSSR count). The zero-order valence-corrected chi connectivity index (χ0v) is 13.4. The van der Waals surface area contributed by atoms with Gasteiger partial charge in [0.05, 0.1) is 5.56 Å². The highest BCUT2D eigenvalue weighted by molar-refractivity contribution is 5.88. The average molecular weight is 289 g/mol. The smallest absolute Gasteiger partial charge is 0.335 e. The Bertz CT molecular complexity index is 502. The quantitative estimate of drug-likeness (QED) is 0.797. The van der Waals surface area contributed by atoms with Gasteiger partial charge in [-0.05, 0) is 61.3 Å². The molecule has 1 aliphatic rings. The maximum Gasteiger partial charge on any atom is 0.335 e. The normalized spacial score (nSPS) is 17.1. The zero-order valence-electron chi connectivity index (χ0n) is 13.4. The lowest BCUT2D eigenvalue weighted by Gasteiger charge is -2.32. The number of aryl methyl sites for hydroxylation is 1. The first kappa shape index (κ1) is 15.9. The highest BCUT2D eigenvalue weighted by Gasteiger charge is 2.34. The number of hydrogen-bond donors (Lipinski definition) is 2. The van der Waals surface area contributed by atoms with Crippen molar-refractivity contribution in [2.24, 2.45) is 11.3 Å². The van der Waals surface area contributed by atoms with Gasteiger partial charge in [0.2, 0.25) is 0 Å². The van der Waals surface area contributed by atoms with E-state index in [2.05, 4.69) is 19.2 Å². The van der Waals surface area contributed by atoms with Gasteiger partial charge in [-0.25, -0.2) is 4.79 Å². The Hall–Kier alpha value is -1.51. The van der Waals surface area contributed by atoms with Crippen molar-refractivity contribution < 1.29 is 9.90 Å². The van der Waals surface area contributed by atoms with E-state index in [-0.39, 0.29) is 0 Å². The molecule has 3 heteroatoms. The van der Waals surface area contributed by atoms with Crippen LogP contribution in [0.15, 0.2) is 18.2 Å². The minimum Gasteiger partial charge on any atom is -0.478 e. The molecule has 0 radical (unpaired) electrons. The van der Waals surface area contributed by atoms with Crippen LogP contribution in [0.1, 0.15) is 61.9 Å². The lowest BCUT2D eigenvalue weighted by atomic mass is 9.78. The van der Waals surface area contributed by atoms with E-state index >= 15 is 0 Å². The average Bonchev–Trinajstić information content (AvgIpc) is 2.85. The maximum atomic E-state index is 11.0. The summed E-state index contributed by atoms with van der Waals surface area (Å²) >= 11 is 0. The second-order valence-corrected chi connectivity index (χ2v) is 6.99. The first-order valence-corrected chi connectivity index (χ1v) is 8.00. The summed E-state index contributed by atoms with van der Waals surface area (Å²) in [5.74, 6) is -0.142. The number of hydrogen-bond acceptors (Lipinski definition) is 2. The number of carboxylic acid groups (broad SMARTS) is 1. The molecule has 116 valence electrons. The summed E-state index contributed by atoms with van der Waals surface area (Å²) in [4.78, 5) is 11.0. The van der Waals surface area contributed by atoms with Crippen LogP contribution in [0.3, 0.4) is 0 Å². The Morgan fingerprint density at radius 1 is 1.33 bits per heavy atom. The Labute approximate surface area is 127 Å². The number of nitrogens with one attached hydrogen (secondary N) is 1. The topological polar surface area (TPSA) is 49.3 Å². The van der Waals surface area contributed by atoms with Crippen LogP contribution in [0.4, 0.5) is 5.69 Å². The molecule has 2 N–H and O–H groups in total. The second-order valence-electron chi connectivity index (χ2n) is 6.99. The Morgan fingerprint density at radius 2 is 2.00 bits per heavy atom. The van der Waals surface area contributed by atoms with Crippen molar-refractivity contribution in [1.82, 2.24) is 0 Å². The maximum absolute atomic E-state index is 11.0. The van der Waals surface area contributed by atoms with Crippen LogP contribution in [0.25, 0.3) is 0 Å². The third-order valence-corrected chi connectivity index (χ3v) is 4.63. The van der Waals surface area contributed by atoms with E-state index in [0.717, 1.165) is 23.7 Å². The van der Waals surface area contributed by atoms with Crippen LogP contribution in [0.5, 0.6) is 0 Å². The van der Waals surface area contributed by atoms with Crippen molar-refractivity contribution in [2.45, 2.75) is 52.9 Å². The lowest BCUT2D eigenvalue weighted by molar-refractivity contribution is 0.0697. The summed E-state index contributed by atoms with van der Waals surface area (Å²) in [5, 5.41) is 12.6. The Morgan fingerprint density at radius 3 is 2.52 bits per heavy atom. The van der Waals surface area contributed by atoms with Crippen molar-refractivity contribution in [3.63, 3.8) is 0 Å². The standard InChI is InChI=1S/C18H27NO2/c1-13(2)11-18(8-4-5-9-18)12-19-16-7-6-15(17(20)21)10-14(16)3/h6-7,10,13,19H,4-5,8-9,11-12H2,1-3H3,(H,20,21). The minimum absolute atomic E-state index is 0.357. The van der Waals surface area contributed by atoms with E-state index in [1.165, 1.54) is 32.1 Å². The van der Waals surface area contributed by atoms with Crippen LogP contribution in [-0.2, 0) is 0 Å². The third-order valence-electron chi connectivity index (χ3n) is 4.63. The molecule has 0 saturated heterocycles. The van der Waals surface area contributed by atoms with E-state index in [4.69, 9.17) is 5.11 Å². The van der Waals surface area contributed by atoms with E-state index in [1.54, 1.807) is 12.1 Å². The van der Waals surface area contributed by atoms with Crippen molar-refractivity contribution in [1.29, 1.82) is 0 Å². The van der Waals surface area contributed by atoms with Crippen LogP contribution in [0, 0.1) is 18.3 Å². The van der Waals surface area contributed by atoms with Crippen LogP contribution in [-0.4, -0.2) is 17.6 Å². The van der Waals surface area contributed by atoms with Gasteiger partial charge >= 0.3 is 5.97 Å². The van der Waals surface area contributed by atoms with E-state index in [9.17, 15) is 4.79 Å². The Kier molecular flexibility index (Phi) is 4.92. The monoisotopic (exact) mass is 289 g/mol. The van der Waals surface area contributed by atoms with E-state index < -0.39 is 5.97 Å². The second kappa shape index (κ2) is 6.50. The molecule has 1 aromatic carbocycles. The summed E-state index contributed by atoms with van der Waals surface area (Å²) in [7, 11) is 0. The molecule has 1 aromatic rings. The van der Waals surface area contributed by atoms with Gasteiger partial charge in [-0.2, -0.15) is 0 Å². The minimum atomic E-state index is -0.864. The molecule has 0 spiro atoms. The fourth-order valence-corrected chi connectivity index (χ4v) is 3.72. The van der Waals surface area contributed by atoms with Gasteiger partial charge in [-0.3, -0.25) is 0 Å². The summed E-state index contributed by atoms with van der Waals surface area (Å²) < 4.78 is 0. The van der Waals surface area contributed by atoms with Crippen molar-refractivity contribution >= 4 is 11.7 Å². The molecule has 1 fully saturated rings. The number of aromatic carboxylic acids is 1. The van der Waals surface area contributed by atoms with E-state index in [0.29, 0.717) is 11.0 Å². The van der Waals surface area contributed by atoms with Crippen molar-refractivity contribution in [2.75, 3.05) is 11.9 Å². The fraction of sp³-hybridized carbons (Fsp3) is 0.611. The predicted octanol–water partition coefficient (Wildman–Crippen LogP) is 4.71. The summed E-state index contributed by atoms with van der Waals surface area (Å²) in [6, 6.07) is 5.33. The molecule has 0 bridgehead atoms. The molecule has 0 atom stereocenters. The van der Waals surface area contributed by atoms with Crippen molar-refractivity contribution in [3.05, 3.63) is 29.3 Å². The predicted molar refractivity (Wildman–Crippen MR) is 87.0 cm³/mol. The molecule has 0 amide bonds. The number of rotatable bonds is 6.